The predicted octanol–water partition coefficient (Wildman–Crippen LogP) is 7.89. The highest BCUT2D eigenvalue weighted by Crippen LogP contribution is 2.67. The molecule has 0 aromatic heterocycles. The highest BCUT2D eigenvalue weighted by atomic mass is 28.4. The Morgan fingerprint density at radius 3 is 2.23 bits per heavy atom. The standard InChI is InChI=1S/C27H49NO2Si/c1-18(28-29)22-11-12-23-21-10-9-19-17-20(30-31(7,8)25(2,3)4)13-15-26(19,5)24(21)14-16-27(22,23)6/h19-24,29H,9-17H2,1-8H3/b28-18+/t19?,20-,21-,22+,23-,24-,26-,27+/m0/s1. The molecular weight excluding hydrogens is 398 g/mol. The van der Waals surface area contributed by atoms with Gasteiger partial charge in [-0.2, -0.15) is 0 Å². The molecule has 8 atom stereocenters. The van der Waals surface area contributed by atoms with Crippen LogP contribution in [0.4, 0.5) is 0 Å². The van der Waals surface area contributed by atoms with Crippen molar-refractivity contribution in [3.8, 4) is 0 Å². The Hall–Kier alpha value is -0.353. The Morgan fingerprint density at radius 2 is 1.58 bits per heavy atom. The lowest BCUT2D eigenvalue weighted by atomic mass is 9.44. The summed E-state index contributed by atoms with van der Waals surface area (Å²) in [5.74, 6) is 3.94. The first kappa shape index (κ1) is 23.8. The zero-order chi connectivity index (χ0) is 22.8. The van der Waals surface area contributed by atoms with Gasteiger partial charge in [-0.15, -0.1) is 0 Å². The van der Waals surface area contributed by atoms with Crippen molar-refractivity contribution in [1.82, 2.24) is 0 Å². The van der Waals surface area contributed by atoms with Gasteiger partial charge in [0.15, 0.2) is 8.32 Å². The van der Waals surface area contributed by atoms with Gasteiger partial charge < -0.3 is 9.63 Å². The van der Waals surface area contributed by atoms with Gasteiger partial charge in [0, 0.05) is 12.0 Å². The molecule has 0 bridgehead atoms. The summed E-state index contributed by atoms with van der Waals surface area (Å²) in [6, 6.07) is 0. The number of oxime groups is 1. The second kappa shape index (κ2) is 7.86. The van der Waals surface area contributed by atoms with Gasteiger partial charge in [-0.3, -0.25) is 0 Å². The van der Waals surface area contributed by atoms with E-state index >= 15 is 0 Å². The van der Waals surface area contributed by atoms with Crippen LogP contribution >= 0.6 is 0 Å². The number of hydrogen-bond donors (Lipinski definition) is 1. The van der Waals surface area contributed by atoms with E-state index in [1.165, 1.54) is 57.8 Å². The van der Waals surface area contributed by atoms with Gasteiger partial charge in [0.05, 0.1) is 5.71 Å². The van der Waals surface area contributed by atoms with Crippen LogP contribution in [-0.4, -0.2) is 25.3 Å². The molecule has 0 amide bonds. The van der Waals surface area contributed by atoms with Crippen molar-refractivity contribution in [2.24, 2.45) is 45.6 Å². The van der Waals surface area contributed by atoms with E-state index in [2.05, 4.69) is 52.9 Å². The van der Waals surface area contributed by atoms with Crippen molar-refractivity contribution in [3.63, 3.8) is 0 Å². The van der Waals surface area contributed by atoms with Gasteiger partial charge in [-0.25, -0.2) is 0 Å². The predicted molar refractivity (Wildman–Crippen MR) is 132 cm³/mol. The van der Waals surface area contributed by atoms with Crippen molar-refractivity contribution in [3.05, 3.63) is 0 Å². The minimum absolute atomic E-state index is 0.300. The lowest BCUT2D eigenvalue weighted by Crippen LogP contribution is -2.55. The summed E-state index contributed by atoms with van der Waals surface area (Å²) in [4.78, 5) is 0. The largest absolute Gasteiger partial charge is 0.414 e. The fourth-order valence-corrected chi connectivity index (χ4v) is 10.1. The molecular formula is C27H49NO2Si. The Labute approximate surface area is 192 Å². The topological polar surface area (TPSA) is 41.8 Å². The highest BCUT2D eigenvalue weighted by Gasteiger charge is 2.60. The lowest BCUT2D eigenvalue weighted by Gasteiger charge is -2.61. The van der Waals surface area contributed by atoms with E-state index in [-0.39, 0.29) is 0 Å². The van der Waals surface area contributed by atoms with E-state index in [4.69, 9.17) is 4.43 Å². The summed E-state index contributed by atoms with van der Waals surface area (Å²) in [6.45, 7) is 19.2. The summed E-state index contributed by atoms with van der Waals surface area (Å²) in [6.07, 6.45) is 12.5. The van der Waals surface area contributed by atoms with E-state index in [0.29, 0.717) is 27.9 Å². The molecule has 0 saturated heterocycles. The Bertz CT molecular complexity index is 713. The molecule has 31 heavy (non-hydrogen) atoms. The highest BCUT2D eigenvalue weighted by molar-refractivity contribution is 6.74. The Balaban J connectivity index is 1.49. The third kappa shape index (κ3) is 3.76. The number of rotatable bonds is 3. The maximum Gasteiger partial charge on any atom is 0.192 e. The van der Waals surface area contributed by atoms with E-state index in [9.17, 15) is 5.21 Å². The number of hydrogen-bond acceptors (Lipinski definition) is 3. The zero-order valence-corrected chi connectivity index (χ0v) is 22.6. The fourth-order valence-electron chi connectivity index (χ4n) is 8.68. The number of fused-ring (bicyclic) bond motifs is 5. The Morgan fingerprint density at radius 1 is 0.935 bits per heavy atom. The molecule has 4 aliphatic carbocycles. The first-order valence-corrected chi connectivity index (χ1v) is 16.1. The van der Waals surface area contributed by atoms with Gasteiger partial charge in [0.25, 0.3) is 0 Å². The molecule has 4 saturated carbocycles. The van der Waals surface area contributed by atoms with Crippen LogP contribution in [0.3, 0.4) is 0 Å². The van der Waals surface area contributed by atoms with Crippen LogP contribution in [0.1, 0.15) is 99.3 Å². The maximum atomic E-state index is 9.46. The van der Waals surface area contributed by atoms with Crippen LogP contribution in [0.25, 0.3) is 0 Å². The third-order valence-electron chi connectivity index (χ3n) is 11.5. The summed E-state index contributed by atoms with van der Waals surface area (Å²) < 4.78 is 6.91. The SMILES string of the molecule is C/C(=N\O)[C@H]1CC[C@H]2[C@@H]3CCC4C[C@@H](O[Si](C)(C)C(C)(C)C)CC[C@]4(C)[C@H]3CC[C@]12C. The van der Waals surface area contributed by atoms with E-state index in [0.717, 1.165) is 29.4 Å². The summed E-state index contributed by atoms with van der Waals surface area (Å²) in [5.41, 5.74) is 1.84. The van der Waals surface area contributed by atoms with Gasteiger partial charge in [0.2, 0.25) is 0 Å². The quantitative estimate of drug-likeness (QED) is 0.207. The molecule has 4 heteroatoms. The van der Waals surface area contributed by atoms with E-state index < -0.39 is 8.32 Å². The normalized spacial score (nSPS) is 46.3. The van der Waals surface area contributed by atoms with Crippen LogP contribution in [0.2, 0.25) is 18.1 Å². The minimum Gasteiger partial charge on any atom is -0.414 e. The van der Waals surface area contributed by atoms with Crippen LogP contribution in [0.5, 0.6) is 0 Å². The van der Waals surface area contributed by atoms with Gasteiger partial charge in [0.1, 0.15) is 0 Å². The van der Waals surface area contributed by atoms with Crippen LogP contribution in [0.15, 0.2) is 5.16 Å². The molecule has 1 unspecified atom stereocenters. The molecule has 0 radical (unpaired) electrons. The van der Waals surface area contributed by atoms with Crippen molar-refractivity contribution in [2.75, 3.05) is 0 Å². The molecule has 0 aliphatic heterocycles. The monoisotopic (exact) mass is 447 g/mol. The fraction of sp³-hybridized carbons (Fsp3) is 0.963. The molecule has 4 fully saturated rings. The third-order valence-corrected chi connectivity index (χ3v) is 16.1. The first-order valence-electron chi connectivity index (χ1n) is 13.2. The molecule has 0 spiro atoms. The maximum absolute atomic E-state index is 9.46. The van der Waals surface area contributed by atoms with Crippen molar-refractivity contribution in [1.29, 1.82) is 0 Å². The van der Waals surface area contributed by atoms with Gasteiger partial charge in [-0.1, -0.05) is 39.8 Å². The molecule has 178 valence electrons. The van der Waals surface area contributed by atoms with Gasteiger partial charge in [-0.05, 0) is 117 Å². The lowest BCUT2D eigenvalue weighted by molar-refractivity contribution is -0.122. The van der Waals surface area contributed by atoms with Crippen LogP contribution < -0.4 is 0 Å². The van der Waals surface area contributed by atoms with E-state index in [1.54, 1.807) is 0 Å². The summed E-state index contributed by atoms with van der Waals surface area (Å²) in [5, 5.41) is 13.4. The molecule has 4 rings (SSSR count). The summed E-state index contributed by atoms with van der Waals surface area (Å²) >= 11 is 0. The number of nitrogens with zero attached hydrogens (tertiary/aromatic N) is 1. The van der Waals surface area contributed by atoms with Gasteiger partial charge >= 0.3 is 0 Å². The zero-order valence-electron chi connectivity index (χ0n) is 21.6. The molecule has 3 nitrogen and oxygen atoms in total. The van der Waals surface area contributed by atoms with Crippen LogP contribution in [0, 0.1) is 40.4 Å². The van der Waals surface area contributed by atoms with E-state index in [1.807, 2.05) is 6.92 Å². The second-order valence-corrected chi connectivity index (χ2v) is 18.6. The molecule has 4 aliphatic rings. The molecule has 1 N–H and O–H groups in total. The second-order valence-electron chi connectivity index (χ2n) is 13.8. The first-order chi connectivity index (χ1) is 14.3. The Kier molecular flexibility index (Phi) is 6.03. The van der Waals surface area contributed by atoms with Crippen molar-refractivity contribution < 1.29 is 9.63 Å². The average Bonchev–Trinajstić information content (AvgIpc) is 3.04. The smallest absolute Gasteiger partial charge is 0.192 e. The average molecular weight is 448 g/mol. The molecule has 0 aromatic rings. The summed E-state index contributed by atoms with van der Waals surface area (Å²) in [7, 11) is -1.69. The minimum atomic E-state index is -1.69. The van der Waals surface area contributed by atoms with Crippen LogP contribution in [-0.2, 0) is 4.43 Å². The van der Waals surface area contributed by atoms with Crippen molar-refractivity contribution in [2.45, 2.75) is 124 Å². The molecule has 0 aromatic carbocycles. The molecule has 0 heterocycles. The van der Waals surface area contributed by atoms with Crippen molar-refractivity contribution >= 4 is 14.0 Å².